The molecule has 0 heterocycles. The molecule has 0 aromatic rings. The van der Waals surface area contributed by atoms with Crippen LogP contribution in [-0.4, -0.2) is 69.4 Å². The Morgan fingerprint density at radius 3 is 1.39 bits per heavy atom. The van der Waals surface area contributed by atoms with Crippen molar-refractivity contribution in [2.45, 2.75) is 258 Å². The van der Waals surface area contributed by atoms with Gasteiger partial charge in [0.2, 0.25) is 5.91 Å². The standard InChI is InChI=1S/C60H109N2O7P/c1-7-10-13-16-19-22-25-28-30-31-33-34-37-40-43-46-49-52-59(63)61-57(56-68-70(65,66)67-55-54-62(4,5)6)58(51-48-45-42-39-36-27-24-21-18-15-12-9-3)69-60(64)53-50-47-44-41-38-35-32-29-26-23-20-17-14-11-8-2/h10,13,19,22,28,30,33-34,40,43,48,51,57-58H,7-9,11-12,14-18,20-21,23-27,29,31-32,35-39,41-42,44-47,49-50,52-56H2,1-6H3,(H-,61,63,65,66)/b13-10-,22-19-,30-28-,34-33-,43-40-,51-48+. The van der Waals surface area contributed by atoms with Crippen LogP contribution in [-0.2, 0) is 27.9 Å². The van der Waals surface area contributed by atoms with Crippen LogP contribution < -0.4 is 10.2 Å². The average Bonchev–Trinajstić information content (AvgIpc) is 3.32. The zero-order valence-corrected chi connectivity index (χ0v) is 47.1. The second-order valence-corrected chi connectivity index (χ2v) is 21.8. The van der Waals surface area contributed by atoms with Crippen LogP contribution in [0.3, 0.4) is 0 Å². The molecule has 0 aliphatic heterocycles. The molecular formula is C60H109N2O7P. The lowest BCUT2D eigenvalue weighted by atomic mass is 10.0. The molecule has 9 nitrogen and oxygen atoms in total. The highest BCUT2D eigenvalue weighted by Gasteiger charge is 2.27. The predicted octanol–water partition coefficient (Wildman–Crippen LogP) is 16.6. The first-order valence-electron chi connectivity index (χ1n) is 28.7. The van der Waals surface area contributed by atoms with Gasteiger partial charge in [-0.1, -0.05) is 235 Å². The predicted molar refractivity (Wildman–Crippen MR) is 298 cm³/mol. The fourth-order valence-electron chi connectivity index (χ4n) is 7.97. The smallest absolute Gasteiger partial charge is 0.306 e. The number of allylic oxidation sites excluding steroid dienone is 11. The number of phosphoric acid groups is 1. The molecule has 0 saturated carbocycles. The molecule has 0 aliphatic carbocycles. The number of unbranched alkanes of at least 4 members (excludes halogenated alkanes) is 25. The van der Waals surface area contributed by atoms with E-state index in [0.29, 0.717) is 17.4 Å². The van der Waals surface area contributed by atoms with Crippen molar-refractivity contribution in [1.82, 2.24) is 5.32 Å². The van der Waals surface area contributed by atoms with Crippen molar-refractivity contribution < 1.29 is 37.3 Å². The summed E-state index contributed by atoms with van der Waals surface area (Å²) in [5.41, 5.74) is 0. The number of quaternary nitrogens is 1. The lowest BCUT2D eigenvalue weighted by Crippen LogP contribution is -2.47. The molecule has 0 aliphatic rings. The number of carbonyl (C=O) groups is 2. The SMILES string of the molecule is CC/C=C\C/C=C\C/C=C\C/C=C\C/C=C\CCCC(=O)NC(COP(=O)([O-])OCC[N+](C)(C)C)C(/C=C/CCCCCCCCCCCC)OC(=O)CCCCCCCCCCCCCCCCC. The molecule has 70 heavy (non-hydrogen) atoms. The number of rotatable bonds is 51. The van der Waals surface area contributed by atoms with E-state index in [2.05, 4.69) is 86.8 Å². The second-order valence-electron chi connectivity index (χ2n) is 20.4. The van der Waals surface area contributed by atoms with Crippen molar-refractivity contribution in [3.8, 4) is 0 Å². The molecule has 1 N–H and O–H groups in total. The number of esters is 1. The van der Waals surface area contributed by atoms with E-state index in [1.807, 2.05) is 33.3 Å². The fourth-order valence-corrected chi connectivity index (χ4v) is 8.69. The third-order valence-electron chi connectivity index (χ3n) is 12.4. The van der Waals surface area contributed by atoms with Crippen molar-refractivity contribution in [2.24, 2.45) is 0 Å². The summed E-state index contributed by atoms with van der Waals surface area (Å²) in [5.74, 6) is -0.607. The molecule has 406 valence electrons. The van der Waals surface area contributed by atoms with E-state index in [1.54, 1.807) is 0 Å². The molecule has 0 aromatic heterocycles. The summed E-state index contributed by atoms with van der Waals surface area (Å²) in [7, 11) is 1.15. The Morgan fingerprint density at radius 1 is 0.514 bits per heavy atom. The van der Waals surface area contributed by atoms with Gasteiger partial charge in [0.25, 0.3) is 7.82 Å². The zero-order chi connectivity index (χ0) is 51.5. The van der Waals surface area contributed by atoms with Crippen LogP contribution in [0.5, 0.6) is 0 Å². The van der Waals surface area contributed by atoms with Gasteiger partial charge in [0.05, 0.1) is 33.8 Å². The number of hydrogen-bond acceptors (Lipinski definition) is 7. The molecule has 0 rings (SSSR count). The van der Waals surface area contributed by atoms with Crippen LogP contribution in [0.4, 0.5) is 0 Å². The van der Waals surface area contributed by atoms with Gasteiger partial charge in [0, 0.05) is 12.8 Å². The normalized spacial score (nSPS) is 14.3. The van der Waals surface area contributed by atoms with Crippen LogP contribution in [0, 0.1) is 0 Å². The van der Waals surface area contributed by atoms with Gasteiger partial charge < -0.3 is 28.5 Å². The number of hydrogen-bond donors (Lipinski definition) is 1. The summed E-state index contributed by atoms with van der Waals surface area (Å²) in [5, 5.41) is 2.99. The number of carbonyl (C=O) groups excluding carboxylic acids is 2. The largest absolute Gasteiger partial charge is 0.756 e. The van der Waals surface area contributed by atoms with Gasteiger partial charge >= 0.3 is 5.97 Å². The van der Waals surface area contributed by atoms with Crippen LogP contribution >= 0.6 is 7.82 Å². The van der Waals surface area contributed by atoms with Gasteiger partial charge in [-0.25, -0.2) is 0 Å². The molecule has 1 amide bonds. The highest BCUT2D eigenvalue weighted by Crippen LogP contribution is 2.38. The van der Waals surface area contributed by atoms with Gasteiger partial charge in [-0.15, -0.1) is 0 Å². The van der Waals surface area contributed by atoms with E-state index in [-0.39, 0.29) is 31.3 Å². The summed E-state index contributed by atoms with van der Waals surface area (Å²) < 4.78 is 30.2. The van der Waals surface area contributed by atoms with Crippen molar-refractivity contribution in [2.75, 3.05) is 40.9 Å². The van der Waals surface area contributed by atoms with Crippen LogP contribution in [0.1, 0.15) is 245 Å². The molecule has 3 atom stereocenters. The van der Waals surface area contributed by atoms with E-state index in [4.69, 9.17) is 13.8 Å². The Balaban J connectivity index is 5.44. The third-order valence-corrected chi connectivity index (χ3v) is 13.4. The maximum Gasteiger partial charge on any atom is 0.306 e. The summed E-state index contributed by atoms with van der Waals surface area (Å²) in [4.78, 5) is 39.8. The highest BCUT2D eigenvalue weighted by atomic mass is 31.2. The van der Waals surface area contributed by atoms with E-state index >= 15 is 0 Å². The minimum absolute atomic E-state index is 0.0342. The van der Waals surface area contributed by atoms with Crippen molar-refractivity contribution in [3.05, 3.63) is 72.9 Å². The van der Waals surface area contributed by atoms with Crippen molar-refractivity contribution in [1.29, 1.82) is 0 Å². The van der Waals surface area contributed by atoms with Gasteiger partial charge in [-0.05, 0) is 70.3 Å². The van der Waals surface area contributed by atoms with Crippen LogP contribution in [0.15, 0.2) is 72.9 Å². The van der Waals surface area contributed by atoms with Gasteiger partial charge in [-0.2, -0.15) is 0 Å². The third kappa shape index (κ3) is 50.4. The van der Waals surface area contributed by atoms with E-state index < -0.39 is 26.6 Å². The van der Waals surface area contributed by atoms with Crippen LogP contribution in [0.25, 0.3) is 0 Å². The molecule has 10 heteroatoms. The Morgan fingerprint density at radius 2 is 0.929 bits per heavy atom. The Hall–Kier alpha value is -2.55. The monoisotopic (exact) mass is 1000 g/mol. The quantitative estimate of drug-likeness (QED) is 0.0212. The molecule has 0 spiro atoms. The Bertz CT molecular complexity index is 1430. The number of phosphoric ester groups is 1. The first kappa shape index (κ1) is 67.5. The minimum atomic E-state index is -4.71. The van der Waals surface area contributed by atoms with Gasteiger partial charge in [0.1, 0.15) is 19.3 Å². The number of ether oxygens (including phenoxy) is 1. The van der Waals surface area contributed by atoms with E-state index in [9.17, 15) is 19.0 Å². The fraction of sp³-hybridized carbons (Fsp3) is 0.767. The van der Waals surface area contributed by atoms with E-state index in [1.165, 1.54) is 128 Å². The highest BCUT2D eigenvalue weighted by molar-refractivity contribution is 7.45. The van der Waals surface area contributed by atoms with Gasteiger partial charge in [-0.3, -0.25) is 14.2 Å². The number of nitrogens with zero attached hydrogens (tertiary/aromatic N) is 1. The Labute approximate surface area is 432 Å². The lowest BCUT2D eigenvalue weighted by Gasteiger charge is -2.30. The minimum Gasteiger partial charge on any atom is -0.756 e. The molecule has 0 saturated heterocycles. The van der Waals surface area contributed by atoms with Crippen molar-refractivity contribution >= 4 is 19.7 Å². The number of nitrogens with one attached hydrogen (secondary N) is 1. The van der Waals surface area contributed by atoms with Gasteiger partial charge in [0.15, 0.2) is 0 Å². The Kier molecular flexibility index (Phi) is 48.2. The molecule has 0 radical (unpaired) electrons. The molecule has 0 aromatic carbocycles. The maximum absolute atomic E-state index is 13.5. The lowest BCUT2D eigenvalue weighted by molar-refractivity contribution is -0.870. The van der Waals surface area contributed by atoms with Crippen LogP contribution in [0.2, 0.25) is 0 Å². The zero-order valence-electron chi connectivity index (χ0n) is 46.2. The summed E-state index contributed by atoms with van der Waals surface area (Å²) >= 11 is 0. The molecule has 3 unspecified atom stereocenters. The first-order chi connectivity index (χ1) is 33.9. The summed E-state index contributed by atoms with van der Waals surface area (Å²) in [6.07, 6.45) is 63.0. The summed E-state index contributed by atoms with van der Waals surface area (Å²) in [6.45, 7) is 6.68. The summed E-state index contributed by atoms with van der Waals surface area (Å²) in [6, 6.07) is -0.917. The number of amides is 1. The molecule has 0 fully saturated rings. The molecular weight excluding hydrogens is 892 g/mol. The second kappa shape index (κ2) is 50.0. The number of likely N-dealkylation sites (N-methyl/N-ethyl adjacent to an activating group) is 1. The average molecular weight is 1000 g/mol. The van der Waals surface area contributed by atoms with Crippen molar-refractivity contribution in [3.63, 3.8) is 0 Å². The van der Waals surface area contributed by atoms with E-state index in [0.717, 1.165) is 77.0 Å². The maximum atomic E-state index is 13.5. The topological polar surface area (TPSA) is 114 Å². The first-order valence-corrected chi connectivity index (χ1v) is 30.2. The molecule has 0 bridgehead atoms.